The number of aromatic nitrogens is 1. The summed E-state index contributed by atoms with van der Waals surface area (Å²) in [7, 11) is 1.34. The predicted molar refractivity (Wildman–Crippen MR) is 58.4 cm³/mol. The van der Waals surface area contributed by atoms with Crippen molar-refractivity contribution in [3.63, 3.8) is 0 Å². The van der Waals surface area contributed by atoms with Crippen LogP contribution in [0.5, 0.6) is 0 Å². The highest BCUT2D eigenvalue weighted by Gasteiger charge is 2.37. The molecule has 1 aromatic rings. The Bertz CT molecular complexity index is 409. The van der Waals surface area contributed by atoms with Crippen molar-refractivity contribution in [2.24, 2.45) is 0 Å². The van der Waals surface area contributed by atoms with Crippen LogP contribution in [0.2, 0.25) is 0 Å². The van der Waals surface area contributed by atoms with Gasteiger partial charge in [0, 0.05) is 19.3 Å². The van der Waals surface area contributed by atoms with Gasteiger partial charge in [0.2, 0.25) is 0 Å². The van der Waals surface area contributed by atoms with E-state index in [1.807, 2.05) is 4.90 Å². The average Bonchev–Trinajstić information content (AvgIpc) is 2.25. The number of hydrogen-bond donors (Lipinski definition) is 1. The minimum atomic E-state index is -0.650. The van der Waals surface area contributed by atoms with Gasteiger partial charge in [-0.15, -0.1) is 0 Å². The number of pyridine rings is 1. The molecule has 0 bridgehead atoms. The van der Waals surface area contributed by atoms with Crippen LogP contribution < -0.4 is 4.90 Å². The van der Waals surface area contributed by atoms with Crippen molar-refractivity contribution in [2.75, 3.05) is 25.1 Å². The van der Waals surface area contributed by atoms with Crippen LogP contribution in [0.1, 0.15) is 17.3 Å². The highest BCUT2D eigenvalue weighted by atomic mass is 16.5. The third kappa shape index (κ3) is 1.99. The SMILES string of the molecule is COC(=O)c1ccnc(N2CC(C)(O)C2)c1. The third-order valence-electron chi connectivity index (χ3n) is 2.55. The number of esters is 1. The first kappa shape index (κ1) is 10.9. The van der Waals surface area contributed by atoms with Crippen molar-refractivity contribution in [3.05, 3.63) is 23.9 Å². The van der Waals surface area contributed by atoms with Crippen molar-refractivity contribution in [1.82, 2.24) is 4.98 Å². The molecule has 0 aliphatic carbocycles. The molecule has 1 aliphatic rings. The van der Waals surface area contributed by atoms with Crippen LogP contribution in [0.25, 0.3) is 0 Å². The van der Waals surface area contributed by atoms with Gasteiger partial charge in [0.05, 0.1) is 18.3 Å². The number of carbonyl (C=O) groups is 1. The van der Waals surface area contributed by atoms with Gasteiger partial charge in [-0.1, -0.05) is 0 Å². The van der Waals surface area contributed by atoms with Crippen LogP contribution in [0, 0.1) is 0 Å². The van der Waals surface area contributed by atoms with Crippen molar-refractivity contribution in [1.29, 1.82) is 0 Å². The number of rotatable bonds is 2. The van der Waals surface area contributed by atoms with Gasteiger partial charge in [-0.25, -0.2) is 9.78 Å². The Labute approximate surface area is 93.7 Å². The molecule has 1 N–H and O–H groups in total. The summed E-state index contributed by atoms with van der Waals surface area (Å²) in [4.78, 5) is 17.4. The number of ether oxygens (including phenoxy) is 1. The van der Waals surface area contributed by atoms with Crippen molar-refractivity contribution in [3.8, 4) is 0 Å². The molecule has 86 valence electrons. The van der Waals surface area contributed by atoms with Crippen LogP contribution in [0.4, 0.5) is 5.82 Å². The Morgan fingerprint density at radius 1 is 1.62 bits per heavy atom. The molecule has 1 aliphatic heterocycles. The molecular weight excluding hydrogens is 208 g/mol. The predicted octanol–water partition coefficient (Wildman–Crippen LogP) is 0.439. The first-order chi connectivity index (χ1) is 7.52. The van der Waals surface area contributed by atoms with Gasteiger partial charge in [-0.05, 0) is 19.1 Å². The summed E-state index contributed by atoms with van der Waals surface area (Å²) < 4.78 is 4.63. The third-order valence-corrected chi connectivity index (χ3v) is 2.55. The van der Waals surface area contributed by atoms with Gasteiger partial charge in [0.25, 0.3) is 0 Å². The van der Waals surface area contributed by atoms with Crippen LogP contribution in [-0.2, 0) is 4.74 Å². The number of aliphatic hydroxyl groups is 1. The quantitative estimate of drug-likeness (QED) is 0.736. The first-order valence-electron chi connectivity index (χ1n) is 5.03. The molecule has 5 nitrogen and oxygen atoms in total. The van der Waals surface area contributed by atoms with E-state index in [-0.39, 0.29) is 5.97 Å². The van der Waals surface area contributed by atoms with Gasteiger partial charge in [0.15, 0.2) is 0 Å². The largest absolute Gasteiger partial charge is 0.465 e. The fourth-order valence-electron chi connectivity index (χ4n) is 1.77. The lowest BCUT2D eigenvalue weighted by Crippen LogP contribution is -2.60. The summed E-state index contributed by atoms with van der Waals surface area (Å²) >= 11 is 0. The maximum atomic E-state index is 11.3. The molecule has 1 fully saturated rings. The van der Waals surface area contributed by atoms with Crippen molar-refractivity contribution in [2.45, 2.75) is 12.5 Å². The summed E-state index contributed by atoms with van der Waals surface area (Å²) in [5.41, 5.74) is -0.179. The Morgan fingerprint density at radius 3 is 2.88 bits per heavy atom. The topological polar surface area (TPSA) is 62.7 Å². The maximum Gasteiger partial charge on any atom is 0.338 e. The number of methoxy groups -OCH3 is 1. The molecular formula is C11H14N2O3. The molecule has 0 spiro atoms. The monoisotopic (exact) mass is 222 g/mol. The fourth-order valence-corrected chi connectivity index (χ4v) is 1.77. The Morgan fingerprint density at radius 2 is 2.31 bits per heavy atom. The molecule has 16 heavy (non-hydrogen) atoms. The number of nitrogens with zero attached hydrogens (tertiary/aromatic N) is 2. The first-order valence-corrected chi connectivity index (χ1v) is 5.03. The molecule has 0 unspecified atom stereocenters. The zero-order valence-electron chi connectivity index (χ0n) is 9.30. The van der Waals surface area contributed by atoms with E-state index in [1.165, 1.54) is 7.11 Å². The highest BCUT2D eigenvalue weighted by molar-refractivity contribution is 5.90. The molecule has 1 saturated heterocycles. The normalized spacial score (nSPS) is 17.8. The smallest absolute Gasteiger partial charge is 0.338 e. The number of anilines is 1. The molecule has 1 aromatic heterocycles. The van der Waals surface area contributed by atoms with E-state index >= 15 is 0 Å². The van der Waals surface area contributed by atoms with E-state index < -0.39 is 5.60 Å². The van der Waals surface area contributed by atoms with Gasteiger partial charge >= 0.3 is 5.97 Å². The maximum absolute atomic E-state index is 11.3. The van der Waals surface area contributed by atoms with Crippen molar-refractivity contribution < 1.29 is 14.6 Å². The standard InChI is InChI=1S/C11H14N2O3/c1-11(15)6-13(7-11)9-5-8(3-4-12-9)10(14)16-2/h3-5,15H,6-7H2,1-2H3. The molecule has 0 amide bonds. The summed E-state index contributed by atoms with van der Waals surface area (Å²) in [6, 6.07) is 3.27. The molecule has 0 aromatic carbocycles. The summed E-state index contributed by atoms with van der Waals surface area (Å²) in [5, 5.41) is 9.61. The lowest BCUT2D eigenvalue weighted by Gasteiger charge is -2.44. The van der Waals surface area contributed by atoms with E-state index in [4.69, 9.17) is 0 Å². The highest BCUT2D eigenvalue weighted by Crippen LogP contribution is 2.25. The van der Waals surface area contributed by atoms with Gasteiger partial charge in [-0.3, -0.25) is 0 Å². The molecule has 0 atom stereocenters. The lowest BCUT2D eigenvalue weighted by molar-refractivity contribution is 0.0305. The number of carbonyl (C=O) groups excluding carboxylic acids is 1. The van der Waals surface area contributed by atoms with Crippen LogP contribution in [0.3, 0.4) is 0 Å². The Kier molecular flexibility index (Phi) is 2.55. The molecule has 5 heteroatoms. The van der Waals surface area contributed by atoms with Gasteiger partial charge in [0.1, 0.15) is 5.82 Å². The van der Waals surface area contributed by atoms with E-state index in [2.05, 4.69) is 9.72 Å². The van der Waals surface area contributed by atoms with Gasteiger partial charge in [-0.2, -0.15) is 0 Å². The average molecular weight is 222 g/mol. The molecule has 2 heterocycles. The van der Waals surface area contributed by atoms with E-state index in [0.29, 0.717) is 24.5 Å². The summed E-state index contributed by atoms with van der Waals surface area (Å²) in [6.45, 7) is 2.84. The second kappa shape index (κ2) is 3.75. The molecule has 0 saturated carbocycles. The minimum Gasteiger partial charge on any atom is -0.465 e. The lowest BCUT2D eigenvalue weighted by atomic mass is 9.97. The second-order valence-electron chi connectivity index (χ2n) is 4.25. The number of β-amino-alcohol motifs (C(OH)–C–C–N with tert-alkyl or cyclic N) is 1. The summed E-state index contributed by atoms with van der Waals surface area (Å²) in [6.07, 6.45) is 1.56. The Balaban J connectivity index is 2.15. The summed E-state index contributed by atoms with van der Waals surface area (Å²) in [5.74, 6) is 0.311. The van der Waals surface area contributed by atoms with Crippen LogP contribution >= 0.6 is 0 Å². The molecule has 2 rings (SSSR count). The Hall–Kier alpha value is -1.62. The number of hydrogen-bond acceptors (Lipinski definition) is 5. The van der Waals surface area contributed by atoms with Crippen LogP contribution in [0.15, 0.2) is 18.3 Å². The minimum absolute atomic E-state index is 0.379. The van der Waals surface area contributed by atoms with E-state index in [1.54, 1.807) is 25.3 Å². The van der Waals surface area contributed by atoms with E-state index in [9.17, 15) is 9.90 Å². The fraction of sp³-hybridized carbons (Fsp3) is 0.455. The second-order valence-corrected chi connectivity index (χ2v) is 4.25. The zero-order valence-corrected chi connectivity index (χ0v) is 9.30. The van der Waals surface area contributed by atoms with E-state index in [0.717, 1.165) is 0 Å². The molecule has 0 radical (unpaired) electrons. The van der Waals surface area contributed by atoms with Crippen molar-refractivity contribution >= 4 is 11.8 Å². The van der Waals surface area contributed by atoms with Crippen LogP contribution in [-0.4, -0.2) is 41.9 Å². The van der Waals surface area contributed by atoms with Gasteiger partial charge < -0.3 is 14.7 Å². The zero-order chi connectivity index (χ0) is 11.8.